The molecule has 0 saturated heterocycles. The minimum atomic E-state index is -0.0675. The maximum atomic E-state index is 12.2. The van der Waals surface area contributed by atoms with Gasteiger partial charge in [-0.05, 0) is 98.7 Å². The fourth-order valence-electron chi connectivity index (χ4n) is 8.51. The predicted octanol–water partition coefficient (Wildman–Crippen LogP) is 5.23. The highest BCUT2D eigenvalue weighted by Gasteiger charge is 2.61. The molecule has 4 aliphatic carbocycles. The summed E-state index contributed by atoms with van der Waals surface area (Å²) in [5.74, 6) is 4.41. The fraction of sp³-hybridized carbons (Fsp3) is 0.957. The van der Waals surface area contributed by atoms with Crippen LogP contribution in [0.2, 0.25) is 0 Å². The van der Waals surface area contributed by atoms with E-state index in [1.165, 1.54) is 38.5 Å². The molecule has 4 fully saturated rings. The van der Waals surface area contributed by atoms with Crippen molar-refractivity contribution in [3.05, 3.63) is 0 Å². The molecule has 0 spiro atoms. The smallest absolute Gasteiger partial charge is 0.133 e. The number of ketones is 1. The summed E-state index contributed by atoms with van der Waals surface area (Å²) in [7, 11) is 0. The van der Waals surface area contributed by atoms with Gasteiger partial charge in [-0.15, -0.1) is 0 Å². The summed E-state index contributed by atoms with van der Waals surface area (Å²) in [6.45, 7) is 9.10. The number of aliphatic hydroxyl groups excluding tert-OH is 1. The van der Waals surface area contributed by atoms with Crippen LogP contribution >= 0.6 is 0 Å². The third kappa shape index (κ3) is 2.49. The average molecular weight is 347 g/mol. The van der Waals surface area contributed by atoms with Crippen molar-refractivity contribution in [3.63, 3.8) is 0 Å². The van der Waals surface area contributed by atoms with Crippen molar-refractivity contribution in [2.75, 3.05) is 0 Å². The molecule has 25 heavy (non-hydrogen) atoms. The van der Waals surface area contributed by atoms with Crippen molar-refractivity contribution < 1.29 is 9.90 Å². The summed E-state index contributed by atoms with van der Waals surface area (Å²) in [5.41, 5.74) is 0.701. The van der Waals surface area contributed by atoms with Crippen LogP contribution in [0.25, 0.3) is 0 Å². The Balaban J connectivity index is 1.62. The molecule has 0 amide bonds. The molecule has 0 aromatic carbocycles. The first kappa shape index (κ1) is 18.0. The van der Waals surface area contributed by atoms with Crippen LogP contribution in [-0.4, -0.2) is 17.0 Å². The van der Waals surface area contributed by atoms with E-state index in [4.69, 9.17) is 0 Å². The van der Waals surface area contributed by atoms with Crippen LogP contribution in [0.5, 0.6) is 0 Å². The van der Waals surface area contributed by atoms with E-state index in [-0.39, 0.29) is 11.5 Å². The van der Waals surface area contributed by atoms with Gasteiger partial charge in [-0.2, -0.15) is 0 Å². The Morgan fingerprint density at radius 3 is 2.44 bits per heavy atom. The number of aliphatic hydroxyl groups is 1. The van der Waals surface area contributed by atoms with Gasteiger partial charge >= 0.3 is 0 Å². The Kier molecular flexibility index (Phi) is 4.38. The third-order valence-electron chi connectivity index (χ3n) is 9.85. The second-order valence-corrected chi connectivity index (χ2v) is 10.6. The van der Waals surface area contributed by atoms with Crippen molar-refractivity contribution in [1.82, 2.24) is 0 Å². The maximum absolute atomic E-state index is 12.2. The van der Waals surface area contributed by atoms with E-state index in [1.54, 1.807) is 0 Å². The minimum Gasteiger partial charge on any atom is -0.393 e. The number of hydrogen-bond acceptors (Lipinski definition) is 2. The lowest BCUT2D eigenvalue weighted by atomic mass is 9.43. The third-order valence-corrected chi connectivity index (χ3v) is 9.85. The largest absolute Gasteiger partial charge is 0.393 e. The lowest BCUT2D eigenvalue weighted by Crippen LogP contribution is -2.55. The Bertz CT molecular complexity index is 542. The molecule has 0 aromatic rings. The van der Waals surface area contributed by atoms with E-state index in [0.29, 0.717) is 23.0 Å². The Morgan fingerprint density at radius 2 is 1.76 bits per heavy atom. The number of carbonyl (C=O) groups excluding carboxylic acids is 1. The van der Waals surface area contributed by atoms with Crippen molar-refractivity contribution in [1.29, 1.82) is 0 Å². The van der Waals surface area contributed by atoms with Crippen molar-refractivity contribution in [2.24, 2.45) is 46.3 Å². The lowest BCUT2D eigenvalue weighted by Gasteiger charge is -2.62. The number of fused-ring (bicyclic) bond motifs is 5. The highest BCUT2D eigenvalue weighted by molar-refractivity contribution is 5.79. The number of hydrogen-bond donors (Lipinski definition) is 1. The van der Waals surface area contributed by atoms with E-state index < -0.39 is 0 Å². The second kappa shape index (κ2) is 6.08. The van der Waals surface area contributed by atoms with Crippen LogP contribution in [0.1, 0.15) is 85.5 Å². The molecule has 4 saturated carbocycles. The zero-order chi connectivity index (χ0) is 18.0. The van der Waals surface area contributed by atoms with E-state index in [1.807, 2.05) is 6.92 Å². The van der Waals surface area contributed by atoms with Gasteiger partial charge < -0.3 is 5.11 Å². The number of rotatable bonds is 2. The number of Topliss-reactive ketones (excluding diaryl/α,β-unsaturated/α-hetero) is 1. The predicted molar refractivity (Wildman–Crippen MR) is 101 cm³/mol. The first-order chi connectivity index (χ1) is 11.8. The molecule has 2 nitrogen and oxygen atoms in total. The summed E-state index contributed by atoms with van der Waals surface area (Å²) >= 11 is 0. The highest BCUT2D eigenvalue weighted by atomic mass is 16.3. The van der Waals surface area contributed by atoms with E-state index >= 15 is 0 Å². The molecular formula is C23H38O2. The summed E-state index contributed by atoms with van der Waals surface area (Å²) in [6.07, 6.45) is 11.0. The van der Waals surface area contributed by atoms with Crippen molar-refractivity contribution >= 4 is 5.78 Å². The minimum absolute atomic E-state index is 0.0675. The molecule has 0 radical (unpaired) electrons. The Morgan fingerprint density at radius 1 is 1.04 bits per heavy atom. The molecule has 4 aliphatic rings. The summed E-state index contributed by atoms with van der Waals surface area (Å²) in [6, 6.07) is 0. The zero-order valence-electron chi connectivity index (χ0n) is 16.8. The highest BCUT2D eigenvalue weighted by Crippen LogP contribution is 2.68. The van der Waals surface area contributed by atoms with Gasteiger partial charge in [0.25, 0.3) is 0 Å². The molecule has 0 aromatic heterocycles. The monoisotopic (exact) mass is 346 g/mol. The topological polar surface area (TPSA) is 37.3 Å². The molecule has 4 rings (SSSR count). The molecule has 0 aliphatic heterocycles. The summed E-state index contributed by atoms with van der Waals surface area (Å²) in [4.78, 5) is 12.2. The lowest BCUT2D eigenvalue weighted by molar-refractivity contribution is -0.147. The number of carbonyl (C=O) groups is 1. The van der Waals surface area contributed by atoms with Crippen molar-refractivity contribution in [3.8, 4) is 0 Å². The summed E-state index contributed by atoms with van der Waals surface area (Å²) < 4.78 is 0. The van der Waals surface area contributed by atoms with Crippen LogP contribution in [0.15, 0.2) is 0 Å². The molecule has 3 unspecified atom stereocenters. The SMILES string of the molecule is CCC1C[C@@]2(C)C(CC[C@H]3[C@@H]4CC[C@H](C(C)=O)[C@@]4(C)CC[C@@H]32)CC1O. The molecule has 0 bridgehead atoms. The van der Waals surface area contributed by atoms with Gasteiger partial charge in [0.2, 0.25) is 0 Å². The van der Waals surface area contributed by atoms with Gasteiger partial charge in [0.15, 0.2) is 0 Å². The molecule has 0 heterocycles. The van der Waals surface area contributed by atoms with Gasteiger partial charge in [0.1, 0.15) is 5.78 Å². The molecule has 9 atom stereocenters. The normalized spacial score (nSPS) is 55.2. The Labute approximate surface area is 154 Å². The zero-order valence-corrected chi connectivity index (χ0v) is 16.8. The van der Waals surface area contributed by atoms with Crippen LogP contribution in [0, 0.1) is 46.3 Å². The first-order valence-corrected chi connectivity index (χ1v) is 11.0. The fourth-order valence-corrected chi connectivity index (χ4v) is 8.51. The molecular weight excluding hydrogens is 308 g/mol. The first-order valence-electron chi connectivity index (χ1n) is 11.0. The van der Waals surface area contributed by atoms with Gasteiger partial charge in [0, 0.05) is 5.92 Å². The van der Waals surface area contributed by atoms with E-state index in [2.05, 4.69) is 20.8 Å². The van der Waals surface area contributed by atoms with Crippen LogP contribution in [-0.2, 0) is 4.79 Å². The second-order valence-electron chi connectivity index (χ2n) is 10.6. The van der Waals surface area contributed by atoms with E-state index in [0.717, 1.165) is 42.9 Å². The van der Waals surface area contributed by atoms with Crippen molar-refractivity contribution in [2.45, 2.75) is 91.6 Å². The van der Waals surface area contributed by atoms with E-state index in [9.17, 15) is 9.90 Å². The quantitative estimate of drug-likeness (QED) is 0.743. The molecule has 142 valence electrons. The van der Waals surface area contributed by atoms with Crippen LogP contribution in [0.3, 0.4) is 0 Å². The van der Waals surface area contributed by atoms with Gasteiger partial charge in [-0.3, -0.25) is 4.79 Å². The summed E-state index contributed by atoms with van der Waals surface area (Å²) in [5, 5.41) is 10.6. The van der Waals surface area contributed by atoms with Crippen LogP contribution in [0.4, 0.5) is 0 Å². The standard InChI is InChI=1S/C23H38O2/c1-5-15-13-23(4)16(12-21(15)25)6-7-17-19-9-8-18(14(2)24)22(19,3)11-10-20(17)23/h15-21,25H,5-13H2,1-4H3/t15?,16?,17-,18+,19-,20-,21?,22+,23-/m0/s1. The molecule has 2 heteroatoms. The van der Waals surface area contributed by atoms with Crippen LogP contribution < -0.4 is 0 Å². The molecule has 1 N–H and O–H groups in total. The van der Waals surface area contributed by atoms with Gasteiger partial charge in [0.05, 0.1) is 6.10 Å². The van der Waals surface area contributed by atoms with Gasteiger partial charge in [-0.1, -0.05) is 27.2 Å². The maximum Gasteiger partial charge on any atom is 0.133 e. The van der Waals surface area contributed by atoms with Gasteiger partial charge in [-0.25, -0.2) is 0 Å². The average Bonchev–Trinajstić information content (AvgIpc) is 2.92. The Hall–Kier alpha value is -0.370.